The van der Waals surface area contributed by atoms with Crippen LogP contribution in [0.5, 0.6) is 0 Å². The summed E-state index contributed by atoms with van der Waals surface area (Å²) in [6.45, 7) is 14.1. The Morgan fingerprint density at radius 3 is 2.71 bits per heavy atom. The molecule has 28 heavy (non-hydrogen) atoms. The fourth-order valence-electron chi connectivity index (χ4n) is 4.98. The van der Waals surface area contributed by atoms with Crippen molar-refractivity contribution < 1.29 is 14.0 Å². The number of quaternary nitrogens is 1. The maximum atomic E-state index is 11.8. The number of rotatable bonds is 3. The van der Waals surface area contributed by atoms with E-state index in [1.807, 2.05) is 12.1 Å². The van der Waals surface area contributed by atoms with Crippen molar-refractivity contribution in [3.63, 3.8) is 0 Å². The smallest absolute Gasteiger partial charge is 0.356 e. The molecular weight excluding hydrogens is 354 g/mol. The Morgan fingerprint density at radius 1 is 1.00 bits per heavy atom. The highest BCUT2D eigenvalue weighted by molar-refractivity contribution is 5.87. The SMILES string of the molecule is COC(=O)c1cccc(CN2CCCN3CCN4CCC[N+](CC3)(CC2)C4)n1. The third kappa shape index (κ3) is 4.71. The molecule has 3 aliphatic heterocycles. The highest BCUT2D eigenvalue weighted by Gasteiger charge is 2.36. The Labute approximate surface area is 168 Å². The summed E-state index contributed by atoms with van der Waals surface area (Å²) in [7, 11) is 1.40. The average Bonchev–Trinajstić information content (AvgIpc) is 2.72. The standard InChI is InChI=1S/C21H34N5O2/c1-28-21(27)20-6-2-5-19(22-20)17-24-8-3-7-23-10-11-25-9-4-14-26(18-25,15-12-23)16-13-24/h2,5-6H,3-4,7-18H2,1H3/q+1. The fourth-order valence-corrected chi connectivity index (χ4v) is 4.98. The second-order valence-electron chi connectivity index (χ2n) is 8.60. The summed E-state index contributed by atoms with van der Waals surface area (Å²) >= 11 is 0. The molecule has 1 aromatic heterocycles. The summed E-state index contributed by atoms with van der Waals surface area (Å²) < 4.78 is 6.06. The van der Waals surface area contributed by atoms with Gasteiger partial charge in [-0.05, 0) is 25.1 Å². The molecule has 0 aliphatic carbocycles. The van der Waals surface area contributed by atoms with E-state index in [4.69, 9.17) is 4.74 Å². The van der Waals surface area contributed by atoms with Crippen molar-refractivity contribution in [2.75, 3.05) is 79.2 Å². The van der Waals surface area contributed by atoms with Gasteiger partial charge in [0.2, 0.25) is 0 Å². The van der Waals surface area contributed by atoms with Crippen LogP contribution >= 0.6 is 0 Å². The van der Waals surface area contributed by atoms with Crippen LogP contribution in [0.3, 0.4) is 0 Å². The number of nitrogens with zero attached hydrogens (tertiary/aromatic N) is 5. The third-order valence-corrected chi connectivity index (χ3v) is 6.66. The Kier molecular flexibility index (Phi) is 6.25. The van der Waals surface area contributed by atoms with E-state index < -0.39 is 0 Å². The van der Waals surface area contributed by atoms with E-state index in [-0.39, 0.29) is 5.97 Å². The number of aromatic nitrogens is 1. The molecule has 4 rings (SSSR count). The van der Waals surface area contributed by atoms with Gasteiger partial charge in [-0.3, -0.25) is 14.7 Å². The molecule has 0 radical (unpaired) electrons. The molecule has 3 unspecified atom stereocenters. The second kappa shape index (κ2) is 8.86. The number of esters is 1. The molecule has 3 saturated heterocycles. The number of fused-ring (bicyclic) bond motifs is 3. The summed E-state index contributed by atoms with van der Waals surface area (Å²) in [6.07, 6.45) is 2.51. The van der Waals surface area contributed by atoms with Gasteiger partial charge in [-0.2, -0.15) is 0 Å². The van der Waals surface area contributed by atoms with Crippen molar-refractivity contribution in [3.8, 4) is 0 Å². The van der Waals surface area contributed by atoms with Crippen LogP contribution in [-0.4, -0.2) is 109 Å². The van der Waals surface area contributed by atoms with E-state index >= 15 is 0 Å². The van der Waals surface area contributed by atoms with Crippen molar-refractivity contribution >= 4 is 5.97 Å². The number of hydrogen-bond donors (Lipinski definition) is 0. The van der Waals surface area contributed by atoms with E-state index in [0.717, 1.165) is 25.3 Å². The molecule has 4 heterocycles. The van der Waals surface area contributed by atoms with Gasteiger partial charge >= 0.3 is 5.97 Å². The number of ether oxygens (including phenoxy) is 1. The van der Waals surface area contributed by atoms with Crippen LogP contribution in [0.2, 0.25) is 0 Å². The zero-order valence-electron chi connectivity index (χ0n) is 17.2. The van der Waals surface area contributed by atoms with Crippen LogP contribution in [0.25, 0.3) is 0 Å². The topological polar surface area (TPSA) is 48.9 Å². The van der Waals surface area contributed by atoms with Gasteiger partial charge in [-0.1, -0.05) is 6.07 Å². The Bertz CT molecular complexity index is 685. The predicted molar refractivity (Wildman–Crippen MR) is 108 cm³/mol. The monoisotopic (exact) mass is 388 g/mol. The average molecular weight is 389 g/mol. The minimum absolute atomic E-state index is 0.362. The number of carbonyl (C=O) groups excluding carboxylic acids is 1. The minimum atomic E-state index is -0.362. The van der Waals surface area contributed by atoms with Gasteiger partial charge in [-0.15, -0.1) is 0 Å². The maximum absolute atomic E-state index is 11.8. The van der Waals surface area contributed by atoms with Gasteiger partial charge in [0.25, 0.3) is 0 Å². The van der Waals surface area contributed by atoms with Gasteiger partial charge in [0.15, 0.2) is 0 Å². The van der Waals surface area contributed by atoms with E-state index in [0.29, 0.717) is 5.69 Å². The first-order chi connectivity index (χ1) is 13.7. The largest absolute Gasteiger partial charge is 0.464 e. The second-order valence-corrected chi connectivity index (χ2v) is 8.60. The first-order valence-corrected chi connectivity index (χ1v) is 10.7. The van der Waals surface area contributed by atoms with E-state index in [1.54, 1.807) is 6.07 Å². The van der Waals surface area contributed by atoms with E-state index in [2.05, 4.69) is 19.7 Å². The van der Waals surface area contributed by atoms with E-state index in [1.165, 1.54) is 83.5 Å². The lowest BCUT2D eigenvalue weighted by Crippen LogP contribution is -2.65. The number of hydrogen-bond acceptors (Lipinski definition) is 6. The molecule has 3 aliphatic rings. The zero-order valence-corrected chi connectivity index (χ0v) is 17.2. The summed E-state index contributed by atoms with van der Waals surface area (Å²) in [4.78, 5) is 24.2. The van der Waals surface area contributed by atoms with Crippen molar-refractivity contribution in [2.45, 2.75) is 19.4 Å². The third-order valence-electron chi connectivity index (χ3n) is 6.66. The molecule has 1 aromatic rings. The molecule has 154 valence electrons. The van der Waals surface area contributed by atoms with Gasteiger partial charge < -0.3 is 9.22 Å². The summed E-state index contributed by atoms with van der Waals surface area (Å²) in [5, 5.41) is 0. The maximum Gasteiger partial charge on any atom is 0.356 e. The molecule has 7 nitrogen and oxygen atoms in total. The normalized spacial score (nSPS) is 31.6. The van der Waals surface area contributed by atoms with E-state index in [9.17, 15) is 4.79 Å². The van der Waals surface area contributed by atoms with Crippen LogP contribution < -0.4 is 0 Å². The highest BCUT2D eigenvalue weighted by atomic mass is 16.5. The van der Waals surface area contributed by atoms with Crippen LogP contribution in [0.15, 0.2) is 18.2 Å². The van der Waals surface area contributed by atoms with Gasteiger partial charge in [0, 0.05) is 52.2 Å². The molecule has 0 amide bonds. The Hall–Kier alpha value is -1.54. The van der Waals surface area contributed by atoms with Gasteiger partial charge in [0.1, 0.15) is 12.4 Å². The van der Waals surface area contributed by atoms with Crippen LogP contribution in [0.4, 0.5) is 0 Å². The van der Waals surface area contributed by atoms with Crippen LogP contribution in [-0.2, 0) is 11.3 Å². The molecule has 0 N–H and O–H groups in total. The summed E-state index contributed by atoms with van der Waals surface area (Å²) in [5.74, 6) is -0.362. The quantitative estimate of drug-likeness (QED) is 0.566. The minimum Gasteiger partial charge on any atom is -0.464 e. The lowest BCUT2D eigenvalue weighted by Gasteiger charge is -2.49. The van der Waals surface area contributed by atoms with Crippen LogP contribution in [0, 0.1) is 0 Å². The Balaban J connectivity index is 1.47. The molecule has 3 atom stereocenters. The van der Waals surface area contributed by atoms with Crippen molar-refractivity contribution in [1.29, 1.82) is 0 Å². The lowest BCUT2D eigenvalue weighted by molar-refractivity contribution is -0.942. The highest BCUT2D eigenvalue weighted by Crippen LogP contribution is 2.20. The lowest BCUT2D eigenvalue weighted by atomic mass is 10.1. The summed E-state index contributed by atoms with van der Waals surface area (Å²) in [5.41, 5.74) is 1.35. The Morgan fingerprint density at radius 2 is 1.82 bits per heavy atom. The molecule has 0 saturated carbocycles. The molecule has 7 heteroatoms. The molecule has 0 aromatic carbocycles. The molecule has 3 fully saturated rings. The number of pyridine rings is 1. The molecular formula is C21H34N5O2+. The summed E-state index contributed by atoms with van der Waals surface area (Å²) in [6, 6.07) is 5.66. The van der Waals surface area contributed by atoms with Crippen molar-refractivity contribution in [1.82, 2.24) is 19.7 Å². The molecule has 3 bridgehead atoms. The number of methoxy groups -OCH3 is 1. The first-order valence-electron chi connectivity index (χ1n) is 10.7. The van der Waals surface area contributed by atoms with Gasteiger partial charge in [-0.25, -0.2) is 9.78 Å². The molecule has 1 spiro atoms. The first kappa shape index (κ1) is 19.8. The van der Waals surface area contributed by atoms with Crippen molar-refractivity contribution in [2.24, 2.45) is 0 Å². The predicted octanol–water partition coefficient (Wildman–Crippen LogP) is 0.870. The van der Waals surface area contributed by atoms with Crippen molar-refractivity contribution in [3.05, 3.63) is 29.6 Å². The fraction of sp³-hybridized carbons (Fsp3) is 0.714. The zero-order chi connectivity index (χ0) is 19.4. The number of carbonyl (C=O) groups is 1. The van der Waals surface area contributed by atoms with Gasteiger partial charge in [0.05, 0.1) is 32.4 Å². The van der Waals surface area contributed by atoms with Crippen LogP contribution in [0.1, 0.15) is 29.0 Å².